The summed E-state index contributed by atoms with van der Waals surface area (Å²) in [5.74, 6) is -0.0543. The van der Waals surface area contributed by atoms with Crippen LogP contribution in [0.25, 0.3) is 0 Å². The molecule has 0 fully saturated rings. The van der Waals surface area contributed by atoms with Gasteiger partial charge in [0.1, 0.15) is 4.99 Å². The predicted octanol–water partition coefficient (Wildman–Crippen LogP) is 2.30. The summed E-state index contributed by atoms with van der Waals surface area (Å²) in [6.45, 7) is 2.32. The summed E-state index contributed by atoms with van der Waals surface area (Å²) in [6, 6.07) is 11.1. The predicted molar refractivity (Wildman–Crippen MR) is 87.1 cm³/mol. The number of aryl methyl sites for hydroxylation is 1. The van der Waals surface area contributed by atoms with Crippen LogP contribution in [0.15, 0.2) is 42.6 Å². The Kier molecular flexibility index (Phi) is 4.65. The quantitative estimate of drug-likeness (QED) is 0.880. The van der Waals surface area contributed by atoms with Crippen LogP contribution in [0, 0.1) is 6.92 Å². The van der Waals surface area contributed by atoms with Crippen molar-refractivity contribution in [2.75, 3.05) is 7.05 Å². The van der Waals surface area contributed by atoms with E-state index < -0.39 is 0 Å². The van der Waals surface area contributed by atoms with Gasteiger partial charge in [-0.3, -0.25) is 9.78 Å². The molecule has 21 heavy (non-hydrogen) atoms. The minimum absolute atomic E-state index is 0.0543. The van der Waals surface area contributed by atoms with E-state index in [0.717, 1.165) is 16.8 Å². The zero-order chi connectivity index (χ0) is 15.4. The second kappa shape index (κ2) is 6.45. The molecule has 1 amide bonds. The van der Waals surface area contributed by atoms with Crippen molar-refractivity contribution in [1.29, 1.82) is 0 Å². The number of hydrogen-bond donors (Lipinski definition) is 1. The number of thiocarbonyl (C=S) groups is 1. The van der Waals surface area contributed by atoms with E-state index in [1.165, 1.54) is 0 Å². The molecule has 2 aromatic rings. The van der Waals surface area contributed by atoms with Gasteiger partial charge in [0.15, 0.2) is 0 Å². The summed E-state index contributed by atoms with van der Waals surface area (Å²) in [5, 5.41) is 0. The first-order valence-corrected chi connectivity index (χ1v) is 6.95. The molecule has 1 aromatic heterocycles. The summed E-state index contributed by atoms with van der Waals surface area (Å²) in [7, 11) is 1.77. The van der Waals surface area contributed by atoms with Gasteiger partial charge >= 0.3 is 0 Å². The zero-order valence-electron chi connectivity index (χ0n) is 12.0. The molecule has 2 N–H and O–H groups in total. The molecule has 0 aliphatic carbocycles. The average molecular weight is 299 g/mol. The lowest BCUT2D eigenvalue weighted by Crippen LogP contribution is -2.27. The van der Waals surface area contributed by atoms with Gasteiger partial charge in [-0.25, -0.2) is 0 Å². The number of amides is 1. The third kappa shape index (κ3) is 3.64. The SMILES string of the molecule is Cc1ncccc1C(=O)N(C)Cc1cccc(C(N)=S)c1. The van der Waals surface area contributed by atoms with E-state index in [9.17, 15) is 4.79 Å². The van der Waals surface area contributed by atoms with Gasteiger partial charge in [-0.05, 0) is 30.7 Å². The zero-order valence-corrected chi connectivity index (χ0v) is 12.9. The Morgan fingerprint density at radius 3 is 2.76 bits per heavy atom. The highest BCUT2D eigenvalue weighted by Gasteiger charge is 2.14. The molecule has 1 aromatic carbocycles. The molecular weight excluding hydrogens is 282 g/mol. The van der Waals surface area contributed by atoms with E-state index in [2.05, 4.69) is 4.98 Å². The van der Waals surface area contributed by atoms with E-state index in [0.29, 0.717) is 17.1 Å². The Labute approximate surface area is 129 Å². The van der Waals surface area contributed by atoms with Crippen molar-refractivity contribution in [1.82, 2.24) is 9.88 Å². The highest BCUT2D eigenvalue weighted by atomic mass is 32.1. The minimum atomic E-state index is -0.0543. The number of carbonyl (C=O) groups excluding carboxylic acids is 1. The van der Waals surface area contributed by atoms with Crippen LogP contribution in [0.3, 0.4) is 0 Å². The number of nitrogens with zero attached hydrogens (tertiary/aromatic N) is 2. The van der Waals surface area contributed by atoms with Crippen LogP contribution in [-0.4, -0.2) is 27.8 Å². The first kappa shape index (κ1) is 15.1. The van der Waals surface area contributed by atoms with Gasteiger partial charge in [0.05, 0.1) is 5.56 Å². The number of hydrogen-bond acceptors (Lipinski definition) is 3. The van der Waals surface area contributed by atoms with E-state index in [4.69, 9.17) is 18.0 Å². The molecule has 0 atom stereocenters. The van der Waals surface area contributed by atoms with Crippen LogP contribution in [0.5, 0.6) is 0 Å². The fourth-order valence-electron chi connectivity index (χ4n) is 2.08. The van der Waals surface area contributed by atoms with Crippen molar-refractivity contribution < 1.29 is 4.79 Å². The molecule has 0 radical (unpaired) electrons. The van der Waals surface area contributed by atoms with E-state index in [1.807, 2.05) is 31.2 Å². The molecule has 0 spiro atoms. The van der Waals surface area contributed by atoms with E-state index in [-0.39, 0.29) is 5.91 Å². The summed E-state index contributed by atoms with van der Waals surface area (Å²) in [4.78, 5) is 18.6. The van der Waals surface area contributed by atoms with E-state index >= 15 is 0 Å². The molecule has 1 heterocycles. The Bertz CT molecular complexity index is 685. The Balaban J connectivity index is 2.16. The molecule has 5 heteroatoms. The van der Waals surface area contributed by atoms with Crippen molar-refractivity contribution in [2.24, 2.45) is 5.73 Å². The fourth-order valence-corrected chi connectivity index (χ4v) is 2.21. The van der Waals surface area contributed by atoms with Gasteiger partial charge in [-0.1, -0.05) is 30.4 Å². The Hall–Kier alpha value is -2.27. The van der Waals surface area contributed by atoms with Gasteiger partial charge in [0.25, 0.3) is 5.91 Å². The lowest BCUT2D eigenvalue weighted by atomic mass is 10.1. The summed E-state index contributed by atoms with van der Waals surface area (Å²) in [5.41, 5.74) is 8.76. The lowest BCUT2D eigenvalue weighted by molar-refractivity contribution is 0.0784. The molecule has 0 unspecified atom stereocenters. The number of rotatable bonds is 4. The van der Waals surface area contributed by atoms with Crippen LogP contribution in [-0.2, 0) is 6.54 Å². The second-order valence-electron chi connectivity index (χ2n) is 4.86. The van der Waals surface area contributed by atoms with Crippen LogP contribution >= 0.6 is 12.2 Å². The van der Waals surface area contributed by atoms with Crippen LogP contribution < -0.4 is 5.73 Å². The monoisotopic (exact) mass is 299 g/mol. The molecule has 0 aliphatic rings. The normalized spacial score (nSPS) is 10.2. The molecule has 108 valence electrons. The van der Waals surface area contributed by atoms with Gasteiger partial charge in [-0.2, -0.15) is 0 Å². The molecule has 0 saturated carbocycles. The highest BCUT2D eigenvalue weighted by molar-refractivity contribution is 7.80. The van der Waals surface area contributed by atoms with Crippen molar-refractivity contribution in [2.45, 2.75) is 13.5 Å². The third-order valence-electron chi connectivity index (χ3n) is 3.22. The second-order valence-corrected chi connectivity index (χ2v) is 5.30. The van der Waals surface area contributed by atoms with Gasteiger partial charge in [-0.15, -0.1) is 0 Å². The minimum Gasteiger partial charge on any atom is -0.389 e. The van der Waals surface area contributed by atoms with Crippen molar-refractivity contribution >= 4 is 23.1 Å². The summed E-state index contributed by atoms with van der Waals surface area (Å²) < 4.78 is 0. The molecule has 4 nitrogen and oxygen atoms in total. The maximum atomic E-state index is 12.4. The molecular formula is C16H17N3OS. The van der Waals surface area contributed by atoms with Crippen molar-refractivity contribution in [3.8, 4) is 0 Å². The Morgan fingerprint density at radius 1 is 1.33 bits per heavy atom. The first-order chi connectivity index (χ1) is 9.99. The number of benzene rings is 1. The fraction of sp³-hybridized carbons (Fsp3) is 0.188. The largest absolute Gasteiger partial charge is 0.389 e. The topological polar surface area (TPSA) is 59.2 Å². The lowest BCUT2D eigenvalue weighted by Gasteiger charge is -2.18. The smallest absolute Gasteiger partial charge is 0.255 e. The first-order valence-electron chi connectivity index (χ1n) is 6.55. The molecule has 0 aliphatic heterocycles. The Morgan fingerprint density at radius 2 is 2.10 bits per heavy atom. The van der Waals surface area contributed by atoms with Gasteiger partial charge < -0.3 is 10.6 Å². The molecule has 0 saturated heterocycles. The van der Waals surface area contributed by atoms with Crippen LogP contribution in [0.1, 0.15) is 27.2 Å². The molecule has 2 rings (SSSR count). The number of carbonyl (C=O) groups is 1. The molecule has 0 bridgehead atoms. The van der Waals surface area contributed by atoms with Crippen LogP contribution in [0.2, 0.25) is 0 Å². The van der Waals surface area contributed by atoms with Crippen LogP contribution in [0.4, 0.5) is 0 Å². The third-order valence-corrected chi connectivity index (χ3v) is 3.45. The average Bonchev–Trinajstić information content (AvgIpc) is 2.47. The number of pyridine rings is 1. The number of aromatic nitrogens is 1. The maximum absolute atomic E-state index is 12.4. The van der Waals surface area contributed by atoms with Crippen molar-refractivity contribution in [3.63, 3.8) is 0 Å². The van der Waals surface area contributed by atoms with Gasteiger partial charge in [0, 0.05) is 31.0 Å². The van der Waals surface area contributed by atoms with Gasteiger partial charge in [0.2, 0.25) is 0 Å². The van der Waals surface area contributed by atoms with Crippen molar-refractivity contribution in [3.05, 3.63) is 65.0 Å². The highest BCUT2D eigenvalue weighted by Crippen LogP contribution is 2.12. The van der Waals surface area contributed by atoms with E-state index in [1.54, 1.807) is 30.3 Å². The summed E-state index contributed by atoms with van der Waals surface area (Å²) in [6.07, 6.45) is 1.68. The maximum Gasteiger partial charge on any atom is 0.255 e. The number of nitrogens with two attached hydrogens (primary N) is 1. The standard InChI is InChI=1S/C16H17N3OS/c1-11-14(7-4-8-18-11)16(20)19(2)10-12-5-3-6-13(9-12)15(17)21/h3-9H,10H2,1-2H3,(H2,17,21). The summed E-state index contributed by atoms with van der Waals surface area (Å²) >= 11 is 4.97.